The first-order chi connectivity index (χ1) is 14.6. The third-order valence-corrected chi connectivity index (χ3v) is 6.88. The summed E-state index contributed by atoms with van der Waals surface area (Å²) in [6.45, 7) is 2.55. The van der Waals surface area contributed by atoms with E-state index in [0.717, 1.165) is 43.0 Å². The molecule has 1 fully saturated rings. The topological polar surface area (TPSA) is 75.6 Å². The predicted octanol–water partition coefficient (Wildman–Crippen LogP) is 4.38. The molecule has 3 rings (SSSR count). The zero-order valence-electron chi connectivity index (χ0n) is 17.8. The number of aromatic nitrogens is 1. The van der Waals surface area contributed by atoms with Crippen LogP contribution in [-0.2, 0) is 17.3 Å². The van der Waals surface area contributed by atoms with Gasteiger partial charge in [-0.2, -0.15) is 0 Å². The van der Waals surface area contributed by atoms with Gasteiger partial charge in [0, 0.05) is 53.7 Å². The van der Waals surface area contributed by atoms with E-state index in [0.29, 0.717) is 18.2 Å². The van der Waals surface area contributed by atoms with Crippen LogP contribution < -0.4 is 15.4 Å². The minimum absolute atomic E-state index is 0. The average molecular weight is 560 g/mol. The molecule has 0 saturated heterocycles. The molecule has 0 amide bonds. The van der Waals surface area contributed by atoms with Crippen LogP contribution in [0.1, 0.15) is 38.2 Å². The van der Waals surface area contributed by atoms with E-state index >= 15 is 0 Å². The van der Waals surface area contributed by atoms with Crippen molar-refractivity contribution in [2.24, 2.45) is 4.99 Å². The van der Waals surface area contributed by atoms with Crippen molar-refractivity contribution < 1.29 is 13.3 Å². The van der Waals surface area contributed by atoms with Crippen LogP contribution in [0, 0.1) is 5.82 Å². The maximum atomic E-state index is 13.0. The van der Waals surface area contributed by atoms with E-state index in [2.05, 4.69) is 20.6 Å². The van der Waals surface area contributed by atoms with E-state index in [4.69, 9.17) is 4.74 Å². The Morgan fingerprint density at radius 2 is 2.03 bits per heavy atom. The summed E-state index contributed by atoms with van der Waals surface area (Å²) in [6.07, 6.45) is 5.85. The first-order valence-electron chi connectivity index (χ1n) is 10.3. The molecule has 2 N–H and O–H groups in total. The van der Waals surface area contributed by atoms with Crippen LogP contribution in [0.2, 0.25) is 0 Å². The number of ether oxygens (including phenoxy) is 1. The molecule has 2 aromatic rings. The van der Waals surface area contributed by atoms with Crippen molar-refractivity contribution in [3.8, 4) is 11.6 Å². The summed E-state index contributed by atoms with van der Waals surface area (Å²) in [5, 5.41) is 7.04. The Morgan fingerprint density at radius 1 is 1.26 bits per heavy atom. The number of nitrogens with zero attached hydrogens (tertiary/aromatic N) is 2. The van der Waals surface area contributed by atoms with Crippen molar-refractivity contribution in [3.05, 3.63) is 54.0 Å². The SMILES string of the molecule is CCS(=O)C1CCCC(NC(=NC)NCc2ccc(Oc3ccc(F)cc3)nc2)C1.I. The van der Waals surface area contributed by atoms with Crippen LogP contribution in [0.15, 0.2) is 47.6 Å². The van der Waals surface area contributed by atoms with Crippen LogP contribution in [-0.4, -0.2) is 39.2 Å². The minimum atomic E-state index is -0.742. The number of hydrogen-bond acceptors (Lipinski definition) is 4. The van der Waals surface area contributed by atoms with Gasteiger partial charge in [0.2, 0.25) is 5.88 Å². The molecule has 1 aromatic carbocycles. The maximum absolute atomic E-state index is 13.0. The van der Waals surface area contributed by atoms with Gasteiger partial charge in [-0.15, -0.1) is 24.0 Å². The first-order valence-corrected chi connectivity index (χ1v) is 11.7. The zero-order valence-corrected chi connectivity index (χ0v) is 21.0. The predicted molar refractivity (Wildman–Crippen MR) is 134 cm³/mol. The molecule has 31 heavy (non-hydrogen) atoms. The summed E-state index contributed by atoms with van der Waals surface area (Å²) in [4.78, 5) is 8.62. The molecule has 1 aliphatic carbocycles. The molecular formula is C22H30FIN4O2S. The van der Waals surface area contributed by atoms with Gasteiger partial charge in [0.25, 0.3) is 0 Å². The molecule has 6 nitrogen and oxygen atoms in total. The van der Waals surface area contributed by atoms with E-state index in [1.165, 1.54) is 12.1 Å². The number of benzene rings is 1. The van der Waals surface area contributed by atoms with Crippen LogP contribution in [0.25, 0.3) is 0 Å². The molecule has 1 saturated carbocycles. The number of nitrogens with one attached hydrogen (secondary N) is 2. The van der Waals surface area contributed by atoms with Crippen molar-refractivity contribution in [1.82, 2.24) is 15.6 Å². The van der Waals surface area contributed by atoms with Gasteiger partial charge >= 0.3 is 0 Å². The maximum Gasteiger partial charge on any atom is 0.219 e. The van der Waals surface area contributed by atoms with E-state index < -0.39 is 10.8 Å². The molecule has 1 aromatic heterocycles. The average Bonchev–Trinajstić information content (AvgIpc) is 2.78. The highest BCUT2D eigenvalue weighted by atomic mass is 127. The van der Waals surface area contributed by atoms with Gasteiger partial charge in [0.15, 0.2) is 5.96 Å². The van der Waals surface area contributed by atoms with Crippen LogP contribution >= 0.6 is 24.0 Å². The van der Waals surface area contributed by atoms with E-state index in [1.807, 2.05) is 13.0 Å². The van der Waals surface area contributed by atoms with Crippen LogP contribution in [0.5, 0.6) is 11.6 Å². The summed E-state index contributed by atoms with van der Waals surface area (Å²) in [5.41, 5.74) is 0.984. The molecular weight excluding hydrogens is 530 g/mol. The van der Waals surface area contributed by atoms with E-state index in [-0.39, 0.29) is 41.1 Å². The van der Waals surface area contributed by atoms with Gasteiger partial charge in [0.05, 0.1) is 0 Å². The van der Waals surface area contributed by atoms with Gasteiger partial charge < -0.3 is 15.4 Å². The number of pyridine rings is 1. The normalized spacial score (nSPS) is 19.8. The lowest BCUT2D eigenvalue weighted by Crippen LogP contribution is -2.46. The lowest BCUT2D eigenvalue weighted by molar-refractivity contribution is 0.413. The van der Waals surface area contributed by atoms with E-state index in [9.17, 15) is 8.60 Å². The second kappa shape index (κ2) is 12.9. The molecule has 1 aliphatic rings. The zero-order chi connectivity index (χ0) is 21.3. The number of guanidine groups is 1. The fraction of sp³-hybridized carbons (Fsp3) is 0.455. The van der Waals surface area contributed by atoms with Gasteiger partial charge in [-0.25, -0.2) is 9.37 Å². The molecule has 0 radical (unpaired) electrons. The summed E-state index contributed by atoms with van der Waals surface area (Å²) >= 11 is 0. The van der Waals surface area contributed by atoms with Crippen molar-refractivity contribution in [3.63, 3.8) is 0 Å². The highest BCUT2D eigenvalue weighted by Gasteiger charge is 2.26. The van der Waals surface area contributed by atoms with Crippen molar-refractivity contribution in [1.29, 1.82) is 0 Å². The summed E-state index contributed by atoms with van der Waals surface area (Å²) in [7, 11) is 1.01. The molecule has 3 atom stereocenters. The fourth-order valence-corrected chi connectivity index (χ4v) is 4.87. The number of rotatable bonds is 7. The summed E-state index contributed by atoms with van der Waals surface area (Å²) < 4.78 is 30.7. The molecule has 1 heterocycles. The summed E-state index contributed by atoms with van der Waals surface area (Å²) in [6, 6.07) is 9.81. The van der Waals surface area contributed by atoms with Crippen LogP contribution in [0.4, 0.5) is 4.39 Å². The molecule has 0 aliphatic heterocycles. The molecule has 0 bridgehead atoms. The minimum Gasteiger partial charge on any atom is -0.439 e. The molecule has 9 heteroatoms. The monoisotopic (exact) mass is 560 g/mol. The fourth-order valence-electron chi connectivity index (χ4n) is 3.52. The highest BCUT2D eigenvalue weighted by Crippen LogP contribution is 2.23. The number of aliphatic imine (C=N–C) groups is 1. The Labute approximate surface area is 203 Å². The smallest absolute Gasteiger partial charge is 0.219 e. The van der Waals surface area contributed by atoms with Gasteiger partial charge in [-0.1, -0.05) is 19.4 Å². The van der Waals surface area contributed by atoms with Crippen molar-refractivity contribution >= 4 is 40.7 Å². The largest absolute Gasteiger partial charge is 0.439 e. The standard InChI is InChI=1S/C22H29FN4O2S.HI/c1-3-30(28)20-6-4-5-18(13-20)27-22(24-2)26-15-16-7-12-21(25-14-16)29-19-10-8-17(23)9-11-19;/h7-12,14,18,20H,3-6,13,15H2,1-2H3,(H2,24,26,27);1H. The van der Waals surface area contributed by atoms with Crippen molar-refractivity contribution in [2.45, 2.75) is 50.4 Å². The third kappa shape index (κ3) is 8.03. The Hall–Kier alpha value is -1.75. The number of halogens is 2. The van der Waals surface area contributed by atoms with Crippen LogP contribution in [0.3, 0.4) is 0 Å². The molecule has 0 spiro atoms. The quantitative estimate of drug-likeness (QED) is 0.299. The summed E-state index contributed by atoms with van der Waals surface area (Å²) in [5.74, 6) is 2.13. The third-order valence-electron chi connectivity index (χ3n) is 5.14. The van der Waals surface area contributed by atoms with Gasteiger partial charge in [0.1, 0.15) is 11.6 Å². The second-order valence-electron chi connectivity index (χ2n) is 7.29. The first kappa shape index (κ1) is 25.5. The Balaban J connectivity index is 0.00000341. The Morgan fingerprint density at radius 3 is 2.68 bits per heavy atom. The van der Waals surface area contributed by atoms with E-state index in [1.54, 1.807) is 31.4 Å². The second-order valence-corrected chi connectivity index (χ2v) is 9.29. The lowest BCUT2D eigenvalue weighted by atomic mass is 9.95. The van der Waals surface area contributed by atoms with Crippen molar-refractivity contribution in [2.75, 3.05) is 12.8 Å². The van der Waals surface area contributed by atoms with Gasteiger partial charge in [-0.05, 0) is 49.1 Å². The highest BCUT2D eigenvalue weighted by molar-refractivity contribution is 14.0. The Kier molecular flexibility index (Phi) is 10.7. The molecule has 3 unspecified atom stereocenters. The van der Waals surface area contributed by atoms with Gasteiger partial charge in [-0.3, -0.25) is 9.20 Å². The molecule has 170 valence electrons. The lowest BCUT2D eigenvalue weighted by Gasteiger charge is -2.30. The number of hydrogen-bond donors (Lipinski definition) is 2. The Bertz CT molecular complexity index is 865.